The third kappa shape index (κ3) is 3.44. The molecule has 2 heterocycles. The summed E-state index contributed by atoms with van der Waals surface area (Å²) < 4.78 is 37.8. The molecule has 1 aliphatic rings. The largest absolute Gasteiger partial charge is 0.416 e. The highest BCUT2D eigenvalue weighted by atomic mass is 32.2. The Labute approximate surface area is 107 Å². The van der Waals surface area contributed by atoms with E-state index in [-0.39, 0.29) is 17.7 Å². The highest BCUT2D eigenvalue weighted by molar-refractivity contribution is 7.99. The molecule has 0 saturated carbocycles. The van der Waals surface area contributed by atoms with Crippen molar-refractivity contribution in [1.82, 2.24) is 4.98 Å². The molecule has 0 spiro atoms. The van der Waals surface area contributed by atoms with Crippen molar-refractivity contribution >= 4 is 23.4 Å². The first kappa shape index (κ1) is 13.3. The van der Waals surface area contributed by atoms with Crippen molar-refractivity contribution in [2.45, 2.75) is 25.1 Å². The van der Waals surface area contributed by atoms with Gasteiger partial charge in [0.1, 0.15) is 11.6 Å². The number of nitrogens with two attached hydrogens (primary N) is 1. The van der Waals surface area contributed by atoms with Crippen LogP contribution in [0.15, 0.2) is 12.1 Å². The van der Waals surface area contributed by atoms with Crippen LogP contribution in [0.1, 0.15) is 18.4 Å². The van der Waals surface area contributed by atoms with Gasteiger partial charge in [0.2, 0.25) is 0 Å². The average Bonchev–Trinajstić information content (AvgIpc) is 2.28. The zero-order valence-corrected chi connectivity index (χ0v) is 10.4. The van der Waals surface area contributed by atoms with E-state index in [0.29, 0.717) is 0 Å². The molecule has 1 aromatic heterocycles. The van der Waals surface area contributed by atoms with Crippen LogP contribution in [0.3, 0.4) is 0 Å². The predicted octanol–water partition coefficient (Wildman–Crippen LogP) is 2.99. The summed E-state index contributed by atoms with van der Waals surface area (Å²) in [5.74, 6) is 2.08. The number of hydrogen-bond acceptors (Lipinski definition) is 4. The number of hydrogen-bond donors (Lipinski definition) is 2. The van der Waals surface area contributed by atoms with E-state index in [1.165, 1.54) is 0 Å². The van der Waals surface area contributed by atoms with E-state index < -0.39 is 11.7 Å². The molecule has 100 valence electrons. The summed E-state index contributed by atoms with van der Waals surface area (Å²) in [6.45, 7) is 0. The van der Waals surface area contributed by atoms with Gasteiger partial charge in [0, 0.05) is 11.8 Å². The van der Waals surface area contributed by atoms with Crippen molar-refractivity contribution in [2.24, 2.45) is 0 Å². The first-order valence-corrected chi connectivity index (χ1v) is 6.79. The number of nitrogen functional groups attached to an aromatic ring is 1. The van der Waals surface area contributed by atoms with Crippen molar-refractivity contribution in [1.29, 1.82) is 0 Å². The van der Waals surface area contributed by atoms with Gasteiger partial charge in [0.05, 0.1) is 5.56 Å². The molecule has 1 atom stereocenters. The fourth-order valence-electron chi connectivity index (χ4n) is 1.85. The Hall–Kier alpha value is -1.11. The molecule has 0 aliphatic carbocycles. The summed E-state index contributed by atoms with van der Waals surface area (Å²) >= 11 is 1.79. The number of nitrogens with one attached hydrogen (secondary N) is 1. The van der Waals surface area contributed by atoms with Gasteiger partial charge >= 0.3 is 6.18 Å². The van der Waals surface area contributed by atoms with E-state index in [0.717, 1.165) is 36.5 Å². The normalized spacial score (nSPS) is 20.7. The van der Waals surface area contributed by atoms with Crippen LogP contribution < -0.4 is 11.1 Å². The van der Waals surface area contributed by atoms with E-state index in [9.17, 15) is 13.2 Å². The standard InChI is InChI=1S/C11H14F3N3S/c12-11(13,14)7-4-9(15)17-10(5-7)16-8-2-1-3-18-6-8/h4-5,8H,1-3,6H2,(H3,15,16,17). The first-order chi connectivity index (χ1) is 8.45. The summed E-state index contributed by atoms with van der Waals surface area (Å²) in [7, 11) is 0. The second-order valence-corrected chi connectivity index (χ2v) is 5.37. The van der Waals surface area contributed by atoms with Crippen LogP contribution in [0.2, 0.25) is 0 Å². The third-order valence-electron chi connectivity index (χ3n) is 2.68. The fourth-order valence-corrected chi connectivity index (χ4v) is 2.93. The molecule has 1 fully saturated rings. The lowest BCUT2D eigenvalue weighted by molar-refractivity contribution is -0.137. The molecule has 1 saturated heterocycles. The summed E-state index contributed by atoms with van der Waals surface area (Å²) in [4.78, 5) is 3.90. The highest BCUT2D eigenvalue weighted by Crippen LogP contribution is 2.32. The van der Waals surface area contributed by atoms with E-state index in [2.05, 4.69) is 10.3 Å². The molecule has 3 nitrogen and oxygen atoms in total. The monoisotopic (exact) mass is 277 g/mol. The molecular weight excluding hydrogens is 263 g/mol. The number of nitrogens with zero attached hydrogens (tertiary/aromatic N) is 1. The quantitative estimate of drug-likeness (QED) is 0.872. The molecule has 7 heteroatoms. The average molecular weight is 277 g/mol. The van der Waals surface area contributed by atoms with E-state index in [1.807, 2.05) is 0 Å². The Morgan fingerprint density at radius 1 is 1.39 bits per heavy atom. The Bertz CT molecular complexity index is 416. The Morgan fingerprint density at radius 2 is 2.17 bits per heavy atom. The van der Waals surface area contributed by atoms with Crippen LogP contribution in [0.4, 0.5) is 24.8 Å². The van der Waals surface area contributed by atoms with Crippen LogP contribution in [-0.4, -0.2) is 22.5 Å². The topological polar surface area (TPSA) is 50.9 Å². The summed E-state index contributed by atoms with van der Waals surface area (Å²) in [6.07, 6.45) is -2.38. The van der Waals surface area contributed by atoms with Crippen molar-refractivity contribution in [2.75, 3.05) is 22.6 Å². The molecule has 2 rings (SSSR count). The van der Waals surface area contributed by atoms with Gasteiger partial charge in [-0.05, 0) is 30.7 Å². The molecule has 1 aliphatic heterocycles. The van der Waals surface area contributed by atoms with Crippen molar-refractivity contribution < 1.29 is 13.2 Å². The van der Waals surface area contributed by atoms with Gasteiger partial charge in [-0.25, -0.2) is 4.98 Å². The third-order valence-corrected chi connectivity index (χ3v) is 3.90. The maximum atomic E-state index is 12.6. The lowest BCUT2D eigenvalue weighted by Gasteiger charge is -2.23. The summed E-state index contributed by atoms with van der Waals surface area (Å²) in [6, 6.07) is 2.02. The predicted molar refractivity (Wildman–Crippen MR) is 67.6 cm³/mol. The Kier molecular flexibility index (Phi) is 3.89. The van der Waals surface area contributed by atoms with E-state index in [1.54, 1.807) is 11.8 Å². The highest BCUT2D eigenvalue weighted by Gasteiger charge is 2.31. The second-order valence-electron chi connectivity index (χ2n) is 4.22. The summed E-state index contributed by atoms with van der Waals surface area (Å²) in [5.41, 5.74) is 4.64. The maximum absolute atomic E-state index is 12.6. The van der Waals surface area contributed by atoms with Crippen LogP contribution >= 0.6 is 11.8 Å². The zero-order valence-electron chi connectivity index (χ0n) is 9.63. The first-order valence-electron chi connectivity index (χ1n) is 5.64. The van der Waals surface area contributed by atoms with Crippen LogP contribution in [0.25, 0.3) is 0 Å². The van der Waals surface area contributed by atoms with Gasteiger partial charge in [0.25, 0.3) is 0 Å². The maximum Gasteiger partial charge on any atom is 0.416 e. The molecule has 0 aromatic carbocycles. The number of rotatable bonds is 2. The minimum absolute atomic E-state index is 0.115. The number of alkyl halides is 3. The van der Waals surface area contributed by atoms with Gasteiger partial charge in [-0.1, -0.05) is 0 Å². The molecule has 3 N–H and O–H groups in total. The molecular formula is C11H14F3N3S. The number of pyridine rings is 1. The summed E-state index contributed by atoms with van der Waals surface area (Å²) in [5, 5.41) is 3.02. The Morgan fingerprint density at radius 3 is 2.78 bits per heavy atom. The molecule has 1 aromatic rings. The van der Waals surface area contributed by atoms with E-state index in [4.69, 9.17) is 5.73 Å². The lowest BCUT2D eigenvalue weighted by Crippen LogP contribution is -2.26. The van der Waals surface area contributed by atoms with Gasteiger partial charge in [-0.2, -0.15) is 24.9 Å². The Balaban J connectivity index is 2.14. The zero-order chi connectivity index (χ0) is 13.2. The van der Waals surface area contributed by atoms with Crippen LogP contribution in [-0.2, 0) is 6.18 Å². The van der Waals surface area contributed by atoms with Crippen LogP contribution in [0.5, 0.6) is 0 Å². The number of anilines is 2. The van der Waals surface area contributed by atoms with Gasteiger partial charge in [-0.15, -0.1) is 0 Å². The van der Waals surface area contributed by atoms with Crippen molar-refractivity contribution in [3.05, 3.63) is 17.7 Å². The minimum atomic E-state index is -4.39. The molecule has 0 bridgehead atoms. The minimum Gasteiger partial charge on any atom is -0.384 e. The van der Waals surface area contributed by atoms with Crippen LogP contribution in [0, 0.1) is 0 Å². The SMILES string of the molecule is Nc1cc(C(F)(F)F)cc(NC2CCCSC2)n1. The van der Waals surface area contributed by atoms with Gasteiger partial charge in [0.15, 0.2) is 0 Å². The molecule has 0 radical (unpaired) electrons. The lowest BCUT2D eigenvalue weighted by atomic mass is 10.2. The molecule has 1 unspecified atom stereocenters. The fraction of sp³-hybridized carbons (Fsp3) is 0.545. The van der Waals surface area contributed by atoms with Crippen molar-refractivity contribution in [3.63, 3.8) is 0 Å². The van der Waals surface area contributed by atoms with Crippen molar-refractivity contribution in [3.8, 4) is 0 Å². The number of halogens is 3. The number of aromatic nitrogens is 1. The number of thioether (sulfide) groups is 1. The van der Waals surface area contributed by atoms with Gasteiger partial charge in [-0.3, -0.25) is 0 Å². The van der Waals surface area contributed by atoms with Gasteiger partial charge < -0.3 is 11.1 Å². The van der Waals surface area contributed by atoms with E-state index >= 15 is 0 Å². The molecule has 0 amide bonds. The molecule has 18 heavy (non-hydrogen) atoms. The second kappa shape index (κ2) is 5.26. The smallest absolute Gasteiger partial charge is 0.384 e.